The summed E-state index contributed by atoms with van der Waals surface area (Å²) in [5.41, 5.74) is 0.458. The van der Waals surface area contributed by atoms with E-state index in [-0.39, 0.29) is 12.4 Å². The average molecular weight is 202 g/mol. The standard InChI is InChI=1S/C10H12F2O2/c1-7(13)9-3-2-8(12)6-10(9)14-5-4-11/h2-3,6-7,13H,4-5H2,1H3. The van der Waals surface area contributed by atoms with E-state index in [1.165, 1.54) is 19.1 Å². The molecule has 1 atom stereocenters. The van der Waals surface area contributed by atoms with Crippen LogP contribution in [0.5, 0.6) is 5.75 Å². The van der Waals surface area contributed by atoms with Crippen molar-refractivity contribution in [2.24, 2.45) is 0 Å². The van der Waals surface area contributed by atoms with Crippen LogP contribution in [0, 0.1) is 5.82 Å². The van der Waals surface area contributed by atoms with Crippen molar-refractivity contribution in [2.75, 3.05) is 13.3 Å². The Morgan fingerprint density at radius 2 is 2.21 bits per heavy atom. The smallest absolute Gasteiger partial charge is 0.128 e. The van der Waals surface area contributed by atoms with E-state index < -0.39 is 18.6 Å². The molecule has 0 bridgehead atoms. The van der Waals surface area contributed by atoms with Gasteiger partial charge in [-0.25, -0.2) is 8.78 Å². The maximum Gasteiger partial charge on any atom is 0.128 e. The molecule has 0 aliphatic carbocycles. The summed E-state index contributed by atoms with van der Waals surface area (Å²) in [5, 5.41) is 9.30. The zero-order valence-electron chi connectivity index (χ0n) is 7.84. The van der Waals surface area contributed by atoms with Crippen molar-refractivity contribution >= 4 is 0 Å². The molecule has 0 saturated heterocycles. The van der Waals surface area contributed by atoms with Crippen LogP contribution < -0.4 is 4.74 Å². The Kier molecular flexibility index (Phi) is 3.83. The predicted molar refractivity (Wildman–Crippen MR) is 48.5 cm³/mol. The van der Waals surface area contributed by atoms with E-state index in [1.807, 2.05) is 0 Å². The van der Waals surface area contributed by atoms with Gasteiger partial charge in [-0.05, 0) is 19.1 Å². The number of halogens is 2. The lowest BCUT2D eigenvalue weighted by molar-refractivity contribution is 0.188. The maximum absolute atomic E-state index is 12.8. The van der Waals surface area contributed by atoms with Gasteiger partial charge in [0.2, 0.25) is 0 Å². The van der Waals surface area contributed by atoms with Gasteiger partial charge in [-0.15, -0.1) is 0 Å². The van der Waals surface area contributed by atoms with Gasteiger partial charge in [-0.3, -0.25) is 0 Å². The van der Waals surface area contributed by atoms with Crippen molar-refractivity contribution in [1.82, 2.24) is 0 Å². The second-order valence-corrected chi connectivity index (χ2v) is 2.90. The summed E-state index contributed by atoms with van der Waals surface area (Å²) in [6.07, 6.45) is -0.759. The van der Waals surface area contributed by atoms with E-state index in [0.29, 0.717) is 5.56 Å². The molecule has 0 fully saturated rings. The molecule has 0 aliphatic rings. The fraction of sp³-hybridized carbons (Fsp3) is 0.400. The number of hydrogen-bond acceptors (Lipinski definition) is 2. The second-order valence-electron chi connectivity index (χ2n) is 2.90. The van der Waals surface area contributed by atoms with Crippen LogP contribution in [-0.2, 0) is 0 Å². The molecular formula is C10H12F2O2. The highest BCUT2D eigenvalue weighted by atomic mass is 19.1. The number of hydrogen-bond donors (Lipinski definition) is 1. The van der Waals surface area contributed by atoms with Gasteiger partial charge in [-0.1, -0.05) is 0 Å². The lowest BCUT2D eigenvalue weighted by Crippen LogP contribution is -2.03. The monoisotopic (exact) mass is 202 g/mol. The van der Waals surface area contributed by atoms with Crippen LogP contribution >= 0.6 is 0 Å². The second kappa shape index (κ2) is 4.91. The first kappa shape index (κ1) is 10.9. The van der Waals surface area contributed by atoms with Crippen LogP contribution in [0.25, 0.3) is 0 Å². The predicted octanol–water partition coefficient (Wildman–Crippen LogP) is 2.23. The third-order valence-electron chi connectivity index (χ3n) is 1.76. The van der Waals surface area contributed by atoms with Gasteiger partial charge >= 0.3 is 0 Å². The fourth-order valence-electron chi connectivity index (χ4n) is 1.13. The number of ether oxygens (including phenoxy) is 1. The minimum atomic E-state index is -0.759. The lowest BCUT2D eigenvalue weighted by Gasteiger charge is -2.12. The molecule has 0 radical (unpaired) electrons. The first-order valence-corrected chi connectivity index (χ1v) is 4.31. The van der Waals surface area contributed by atoms with Crippen LogP contribution in [0.4, 0.5) is 8.78 Å². The van der Waals surface area contributed by atoms with Gasteiger partial charge in [0.1, 0.15) is 24.8 Å². The first-order valence-electron chi connectivity index (χ1n) is 4.31. The zero-order valence-corrected chi connectivity index (χ0v) is 7.84. The van der Waals surface area contributed by atoms with Crippen molar-refractivity contribution in [2.45, 2.75) is 13.0 Å². The molecule has 4 heteroatoms. The van der Waals surface area contributed by atoms with Crippen LogP contribution in [0.3, 0.4) is 0 Å². The van der Waals surface area contributed by atoms with E-state index in [4.69, 9.17) is 4.74 Å². The Labute approximate surface area is 81.1 Å². The summed E-state index contributed by atoms with van der Waals surface area (Å²) in [7, 11) is 0. The number of alkyl halides is 1. The zero-order chi connectivity index (χ0) is 10.6. The van der Waals surface area contributed by atoms with Gasteiger partial charge in [-0.2, -0.15) is 0 Å². The summed E-state index contributed by atoms with van der Waals surface area (Å²) in [6, 6.07) is 3.79. The van der Waals surface area contributed by atoms with Gasteiger partial charge < -0.3 is 9.84 Å². The van der Waals surface area contributed by atoms with Crippen molar-refractivity contribution < 1.29 is 18.6 Å². The molecule has 0 amide bonds. The van der Waals surface area contributed by atoms with Gasteiger partial charge in [0.05, 0.1) is 6.10 Å². The van der Waals surface area contributed by atoms with E-state index in [2.05, 4.69) is 0 Å². The van der Waals surface area contributed by atoms with E-state index in [1.54, 1.807) is 0 Å². The van der Waals surface area contributed by atoms with Crippen LogP contribution in [0.15, 0.2) is 18.2 Å². The Bertz CT molecular complexity index is 300. The molecule has 14 heavy (non-hydrogen) atoms. The molecule has 78 valence electrons. The molecule has 1 rings (SSSR count). The average Bonchev–Trinajstić information content (AvgIpc) is 2.14. The molecule has 1 N–H and O–H groups in total. The number of rotatable bonds is 4. The van der Waals surface area contributed by atoms with Crippen LogP contribution in [0.2, 0.25) is 0 Å². The van der Waals surface area contributed by atoms with E-state index in [9.17, 15) is 13.9 Å². The Hall–Kier alpha value is -1.16. The quantitative estimate of drug-likeness (QED) is 0.811. The largest absolute Gasteiger partial charge is 0.490 e. The maximum atomic E-state index is 12.8. The molecule has 0 aliphatic heterocycles. The summed E-state index contributed by atoms with van der Waals surface area (Å²) >= 11 is 0. The number of aliphatic hydroxyl groups excluding tert-OH is 1. The fourth-order valence-corrected chi connectivity index (χ4v) is 1.13. The van der Waals surface area contributed by atoms with E-state index in [0.717, 1.165) is 6.07 Å². The summed E-state index contributed by atoms with van der Waals surface area (Å²) < 4.78 is 29.6. The minimum Gasteiger partial charge on any atom is -0.490 e. The highest BCUT2D eigenvalue weighted by Crippen LogP contribution is 2.25. The van der Waals surface area contributed by atoms with Gasteiger partial charge in [0.25, 0.3) is 0 Å². The Balaban J connectivity index is 2.91. The molecule has 1 aromatic rings. The van der Waals surface area contributed by atoms with Gasteiger partial charge in [0, 0.05) is 11.6 Å². The van der Waals surface area contributed by atoms with Crippen molar-refractivity contribution in [3.05, 3.63) is 29.6 Å². The molecule has 0 aromatic heterocycles. The van der Waals surface area contributed by atoms with Crippen LogP contribution in [-0.4, -0.2) is 18.4 Å². The molecule has 1 aromatic carbocycles. The van der Waals surface area contributed by atoms with Crippen LogP contribution in [0.1, 0.15) is 18.6 Å². The molecular weight excluding hydrogens is 190 g/mol. The summed E-state index contributed by atoms with van der Waals surface area (Å²) in [5.74, 6) is -0.277. The molecule has 0 saturated carbocycles. The lowest BCUT2D eigenvalue weighted by atomic mass is 10.1. The number of aliphatic hydroxyl groups is 1. The Morgan fingerprint density at radius 3 is 2.79 bits per heavy atom. The highest BCUT2D eigenvalue weighted by molar-refractivity contribution is 5.35. The van der Waals surface area contributed by atoms with Crippen molar-refractivity contribution in [1.29, 1.82) is 0 Å². The Morgan fingerprint density at radius 1 is 1.50 bits per heavy atom. The first-order chi connectivity index (χ1) is 6.65. The minimum absolute atomic E-state index is 0.136. The summed E-state index contributed by atoms with van der Waals surface area (Å²) in [6.45, 7) is 0.758. The van der Waals surface area contributed by atoms with Crippen molar-refractivity contribution in [3.63, 3.8) is 0 Å². The molecule has 2 nitrogen and oxygen atoms in total. The van der Waals surface area contributed by atoms with E-state index >= 15 is 0 Å². The molecule has 1 unspecified atom stereocenters. The third-order valence-corrected chi connectivity index (χ3v) is 1.76. The highest BCUT2D eigenvalue weighted by Gasteiger charge is 2.09. The SMILES string of the molecule is CC(O)c1ccc(F)cc1OCCF. The number of benzene rings is 1. The molecule has 0 spiro atoms. The van der Waals surface area contributed by atoms with Crippen molar-refractivity contribution in [3.8, 4) is 5.75 Å². The summed E-state index contributed by atoms with van der Waals surface area (Å²) in [4.78, 5) is 0. The normalized spacial score (nSPS) is 12.6. The van der Waals surface area contributed by atoms with Gasteiger partial charge in [0.15, 0.2) is 0 Å². The third kappa shape index (κ3) is 2.67. The topological polar surface area (TPSA) is 29.5 Å². The molecule has 0 heterocycles.